The standard InChI is InChI=1S/C23H28N2O3/c1-4-5-13-25(3)18(2)14-19-9-11-21(12-10-19)27-16-20-7-6-8-22(15-20)28-17-23(24)26/h6-12,15,18H,13-14,16-17H2,1-3H3,(H2,24,26)/t18-/m1/s1. The summed E-state index contributed by atoms with van der Waals surface area (Å²) in [5, 5.41) is 0. The van der Waals surface area contributed by atoms with Crippen molar-refractivity contribution in [3.8, 4) is 23.3 Å². The highest BCUT2D eigenvalue weighted by Crippen LogP contribution is 2.18. The molecule has 148 valence electrons. The smallest absolute Gasteiger partial charge is 0.255 e. The maximum Gasteiger partial charge on any atom is 0.255 e. The van der Waals surface area contributed by atoms with Gasteiger partial charge in [-0.2, -0.15) is 0 Å². The van der Waals surface area contributed by atoms with Crippen LogP contribution in [0.2, 0.25) is 0 Å². The molecule has 0 radical (unpaired) electrons. The molecule has 0 bridgehead atoms. The molecule has 5 heteroatoms. The topological polar surface area (TPSA) is 64.8 Å². The number of carbonyl (C=O) groups is 1. The Hall–Kier alpha value is -2.97. The van der Waals surface area contributed by atoms with Crippen molar-refractivity contribution in [1.29, 1.82) is 0 Å². The van der Waals surface area contributed by atoms with E-state index < -0.39 is 5.91 Å². The van der Waals surface area contributed by atoms with Gasteiger partial charge < -0.3 is 15.2 Å². The molecule has 0 saturated heterocycles. The third-order valence-corrected chi connectivity index (χ3v) is 4.40. The molecular weight excluding hydrogens is 352 g/mol. The molecule has 0 aromatic heterocycles. The molecule has 2 rings (SSSR count). The summed E-state index contributed by atoms with van der Waals surface area (Å²) in [5.41, 5.74) is 7.31. The van der Waals surface area contributed by atoms with E-state index in [0.29, 0.717) is 18.4 Å². The highest BCUT2D eigenvalue weighted by molar-refractivity contribution is 5.75. The van der Waals surface area contributed by atoms with Crippen molar-refractivity contribution < 1.29 is 14.3 Å². The van der Waals surface area contributed by atoms with Gasteiger partial charge in [-0.05, 0) is 62.7 Å². The molecule has 28 heavy (non-hydrogen) atoms. The average Bonchev–Trinajstić information content (AvgIpc) is 2.70. The molecule has 0 fully saturated rings. The van der Waals surface area contributed by atoms with Crippen molar-refractivity contribution in [3.63, 3.8) is 0 Å². The second-order valence-corrected chi connectivity index (χ2v) is 6.73. The molecule has 2 N–H and O–H groups in total. The first kappa shape index (κ1) is 21.3. The Morgan fingerprint density at radius 3 is 2.54 bits per heavy atom. The Balaban J connectivity index is 1.86. The van der Waals surface area contributed by atoms with Crippen LogP contribution in [-0.2, 0) is 17.8 Å². The molecule has 1 amide bonds. The van der Waals surface area contributed by atoms with E-state index in [1.54, 1.807) is 6.07 Å². The lowest BCUT2D eigenvalue weighted by Gasteiger charge is -2.22. The molecule has 0 aliphatic carbocycles. The zero-order valence-electron chi connectivity index (χ0n) is 16.8. The predicted octanol–water partition coefficient (Wildman–Crippen LogP) is 3.02. The summed E-state index contributed by atoms with van der Waals surface area (Å²) in [5.74, 6) is 6.94. The lowest BCUT2D eigenvalue weighted by Crippen LogP contribution is -2.31. The number of amides is 1. The number of benzene rings is 2. The van der Waals surface area contributed by atoms with Crippen molar-refractivity contribution >= 4 is 5.91 Å². The Morgan fingerprint density at radius 2 is 1.86 bits per heavy atom. The Bertz CT molecular complexity index is 822. The van der Waals surface area contributed by atoms with E-state index in [1.165, 1.54) is 5.56 Å². The SMILES string of the molecule is CC#CCN(C)[C@H](C)Cc1ccc(OCc2cccc(OCC(N)=O)c2)cc1. The number of ether oxygens (including phenoxy) is 2. The maximum absolute atomic E-state index is 10.8. The fourth-order valence-corrected chi connectivity index (χ4v) is 2.62. The van der Waals surface area contributed by atoms with Crippen LogP contribution >= 0.6 is 0 Å². The minimum Gasteiger partial charge on any atom is -0.489 e. The average molecular weight is 380 g/mol. The third-order valence-electron chi connectivity index (χ3n) is 4.40. The maximum atomic E-state index is 10.8. The number of nitrogens with two attached hydrogens (primary N) is 1. The zero-order chi connectivity index (χ0) is 20.4. The quantitative estimate of drug-likeness (QED) is 0.644. The number of primary amides is 1. The second kappa shape index (κ2) is 11.0. The molecule has 0 saturated carbocycles. The summed E-state index contributed by atoms with van der Waals surface area (Å²) in [6.07, 6.45) is 0.960. The van der Waals surface area contributed by atoms with Crippen molar-refractivity contribution in [2.24, 2.45) is 5.73 Å². The van der Waals surface area contributed by atoms with Crippen LogP contribution in [0.4, 0.5) is 0 Å². The van der Waals surface area contributed by atoms with Gasteiger partial charge in [0.05, 0.1) is 6.54 Å². The van der Waals surface area contributed by atoms with Crippen molar-refractivity contribution in [1.82, 2.24) is 4.90 Å². The van der Waals surface area contributed by atoms with Crippen LogP contribution < -0.4 is 15.2 Å². The van der Waals surface area contributed by atoms with Gasteiger partial charge in [-0.25, -0.2) is 0 Å². The number of hydrogen-bond acceptors (Lipinski definition) is 4. The summed E-state index contributed by atoms with van der Waals surface area (Å²) in [6.45, 7) is 5.13. The van der Waals surface area contributed by atoms with Gasteiger partial charge in [0, 0.05) is 6.04 Å². The molecule has 1 atom stereocenters. The van der Waals surface area contributed by atoms with Crippen molar-refractivity contribution in [2.45, 2.75) is 32.9 Å². The van der Waals surface area contributed by atoms with E-state index in [9.17, 15) is 4.79 Å². The van der Waals surface area contributed by atoms with Crippen LogP contribution in [0.5, 0.6) is 11.5 Å². The van der Waals surface area contributed by atoms with E-state index in [4.69, 9.17) is 15.2 Å². The molecule has 0 heterocycles. The number of likely N-dealkylation sites (N-methyl/N-ethyl adjacent to an activating group) is 1. The monoisotopic (exact) mass is 380 g/mol. The first-order valence-electron chi connectivity index (χ1n) is 9.29. The van der Waals surface area contributed by atoms with E-state index >= 15 is 0 Å². The molecule has 5 nitrogen and oxygen atoms in total. The normalized spacial score (nSPS) is 11.4. The van der Waals surface area contributed by atoms with E-state index in [0.717, 1.165) is 24.3 Å². The van der Waals surface area contributed by atoms with Crippen molar-refractivity contribution in [2.75, 3.05) is 20.2 Å². The number of hydrogen-bond donors (Lipinski definition) is 1. The Kier molecular flexibility index (Phi) is 8.38. The lowest BCUT2D eigenvalue weighted by atomic mass is 10.1. The van der Waals surface area contributed by atoms with Gasteiger partial charge in [0.25, 0.3) is 5.91 Å². The highest BCUT2D eigenvalue weighted by Gasteiger charge is 2.09. The summed E-state index contributed by atoms with van der Waals surface area (Å²) in [6, 6.07) is 16.0. The minimum atomic E-state index is -0.499. The number of nitrogens with zero attached hydrogens (tertiary/aromatic N) is 1. The molecule has 0 spiro atoms. The Morgan fingerprint density at radius 1 is 1.11 bits per heavy atom. The van der Waals surface area contributed by atoms with Crippen LogP contribution in [0.15, 0.2) is 48.5 Å². The van der Waals surface area contributed by atoms with Gasteiger partial charge in [-0.1, -0.05) is 30.2 Å². The lowest BCUT2D eigenvalue weighted by molar-refractivity contribution is -0.119. The van der Waals surface area contributed by atoms with Crippen LogP contribution in [0.3, 0.4) is 0 Å². The van der Waals surface area contributed by atoms with Crippen LogP contribution in [0.25, 0.3) is 0 Å². The van der Waals surface area contributed by atoms with Gasteiger partial charge in [0.15, 0.2) is 6.61 Å². The molecule has 0 aliphatic rings. The van der Waals surface area contributed by atoms with Gasteiger partial charge in [-0.3, -0.25) is 9.69 Å². The summed E-state index contributed by atoms with van der Waals surface area (Å²) in [7, 11) is 2.09. The summed E-state index contributed by atoms with van der Waals surface area (Å²) >= 11 is 0. The van der Waals surface area contributed by atoms with Gasteiger partial charge in [0.2, 0.25) is 0 Å². The van der Waals surface area contributed by atoms with Gasteiger partial charge >= 0.3 is 0 Å². The highest BCUT2D eigenvalue weighted by atomic mass is 16.5. The van der Waals surface area contributed by atoms with Gasteiger partial charge in [0.1, 0.15) is 18.1 Å². The third kappa shape index (κ3) is 7.34. The summed E-state index contributed by atoms with van der Waals surface area (Å²) < 4.78 is 11.2. The molecule has 2 aromatic carbocycles. The molecule has 0 unspecified atom stereocenters. The number of carbonyl (C=O) groups excluding carboxylic acids is 1. The molecule has 2 aromatic rings. The molecular formula is C23H28N2O3. The van der Waals surface area contributed by atoms with E-state index in [1.807, 2.05) is 37.3 Å². The molecule has 0 aliphatic heterocycles. The second-order valence-electron chi connectivity index (χ2n) is 6.73. The Labute approximate surface area is 167 Å². The van der Waals surface area contributed by atoms with Crippen LogP contribution in [0, 0.1) is 11.8 Å². The fourth-order valence-electron chi connectivity index (χ4n) is 2.62. The van der Waals surface area contributed by atoms with Crippen LogP contribution in [-0.4, -0.2) is 37.0 Å². The zero-order valence-corrected chi connectivity index (χ0v) is 16.8. The van der Waals surface area contributed by atoms with Gasteiger partial charge in [-0.15, -0.1) is 5.92 Å². The van der Waals surface area contributed by atoms with Crippen LogP contribution in [0.1, 0.15) is 25.0 Å². The van der Waals surface area contributed by atoms with Crippen molar-refractivity contribution in [3.05, 3.63) is 59.7 Å². The van der Waals surface area contributed by atoms with E-state index in [2.05, 4.69) is 42.8 Å². The predicted molar refractivity (Wildman–Crippen MR) is 111 cm³/mol. The largest absolute Gasteiger partial charge is 0.489 e. The minimum absolute atomic E-state index is 0.135. The first-order valence-corrected chi connectivity index (χ1v) is 9.29. The fraction of sp³-hybridized carbons (Fsp3) is 0.348. The van der Waals surface area contributed by atoms with E-state index in [-0.39, 0.29) is 6.61 Å². The first-order chi connectivity index (χ1) is 13.5. The number of rotatable bonds is 10. The summed E-state index contributed by atoms with van der Waals surface area (Å²) in [4.78, 5) is 13.1.